The van der Waals surface area contributed by atoms with Crippen LogP contribution < -0.4 is 14.4 Å². The summed E-state index contributed by atoms with van der Waals surface area (Å²) in [4.78, 5) is 6.73. The molecule has 0 bridgehead atoms. The summed E-state index contributed by atoms with van der Waals surface area (Å²) >= 11 is 0. The second-order valence-corrected chi connectivity index (χ2v) is 11.7. The number of benzene rings is 3. The molecule has 38 heavy (non-hydrogen) atoms. The highest BCUT2D eigenvalue weighted by atomic mass is 32.2. The number of sulfone groups is 1. The maximum absolute atomic E-state index is 14.0. The van der Waals surface area contributed by atoms with Crippen LogP contribution in [0.25, 0.3) is 11.5 Å². The van der Waals surface area contributed by atoms with Crippen molar-refractivity contribution in [2.45, 2.75) is 36.1 Å². The Morgan fingerprint density at radius 2 is 1.61 bits per heavy atom. The summed E-state index contributed by atoms with van der Waals surface area (Å²) in [5, 5.41) is -0.0612. The van der Waals surface area contributed by atoms with Gasteiger partial charge in [0.05, 0.1) is 4.90 Å². The van der Waals surface area contributed by atoms with Crippen molar-refractivity contribution < 1.29 is 22.3 Å². The molecule has 1 saturated heterocycles. The Morgan fingerprint density at radius 1 is 0.895 bits per heavy atom. The number of nitrogens with zero attached hydrogens (tertiary/aromatic N) is 2. The molecule has 0 unspecified atom stereocenters. The van der Waals surface area contributed by atoms with Gasteiger partial charge in [-0.1, -0.05) is 48.5 Å². The molecule has 3 aromatic carbocycles. The van der Waals surface area contributed by atoms with E-state index < -0.39 is 9.84 Å². The average molecular weight is 531 g/mol. The van der Waals surface area contributed by atoms with Crippen molar-refractivity contribution in [1.29, 1.82) is 0 Å². The van der Waals surface area contributed by atoms with Crippen LogP contribution in [0.3, 0.4) is 0 Å². The summed E-state index contributed by atoms with van der Waals surface area (Å²) in [6, 6.07) is 22.9. The minimum absolute atomic E-state index is 0.0612. The molecule has 7 nitrogen and oxygen atoms in total. The summed E-state index contributed by atoms with van der Waals surface area (Å²) in [5.41, 5.74) is 3.07. The Kier molecular flexibility index (Phi) is 6.57. The number of oxazole rings is 1. The van der Waals surface area contributed by atoms with Crippen molar-refractivity contribution in [2.75, 3.05) is 31.2 Å². The van der Waals surface area contributed by atoms with Gasteiger partial charge in [0.25, 0.3) is 0 Å². The van der Waals surface area contributed by atoms with E-state index in [-0.39, 0.29) is 9.92 Å². The second-order valence-electron chi connectivity index (χ2n) is 9.87. The summed E-state index contributed by atoms with van der Waals surface area (Å²) in [6.07, 6.45) is 2.90. The van der Waals surface area contributed by atoms with Crippen LogP contribution in [0.5, 0.6) is 11.5 Å². The number of ether oxygens (including phenoxy) is 2. The first-order chi connectivity index (χ1) is 18.5. The SMILES string of the molecule is Cc1ccccc1-c1nc(S(=O)(=O)c2ccc3c(c2)OCCO3)c(N2CCC(Cc3ccccc3)CC2)o1. The van der Waals surface area contributed by atoms with Gasteiger partial charge in [-0.2, -0.15) is 4.98 Å². The highest BCUT2D eigenvalue weighted by Gasteiger charge is 2.34. The smallest absolute Gasteiger partial charge is 0.236 e. The lowest BCUT2D eigenvalue weighted by atomic mass is 9.90. The third kappa shape index (κ3) is 4.76. The first kappa shape index (κ1) is 24.6. The lowest BCUT2D eigenvalue weighted by Crippen LogP contribution is -2.34. The number of fused-ring (bicyclic) bond motifs is 1. The van der Waals surface area contributed by atoms with Gasteiger partial charge in [0.1, 0.15) is 13.2 Å². The normalized spacial score (nSPS) is 16.0. The molecule has 8 heteroatoms. The van der Waals surface area contributed by atoms with Gasteiger partial charge in [-0.25, -0.2) is 8.42 Å². The van der Waals surface area contributed by atoms with Crippen LogP contribution in [0.2, 0.25) is 0 Å². The Hall–Kier alpha value is -3.78. The molecule has 0 N–H and O–H groups in total. The molecular weight excluding hydrogens is 500 g/mol. The fourth-order valence-electron chi connectivity index (χ4n) is 5.19. The molecule has 4 aromatic rings. The van der Waals surface area contributed by atoms with E-state index in [0.717, 1.165) is 30.4 Å². The van der Waals surface area contributed by atoms with Gasteiger partial charge in [-0.15, -0.1) is 0 Å². The number of piperidine rings is 1. The van der Waals surface area contributed by atoms with E-state index >= 15 is 0 Å². The topological polar surface area (TPSA) is 81.9 Å². The number of rotatable bonds is 6. The van der Waals surface area contributed by atoms with Gasteiger partial charge in [0, 0.05) is 24.7 Å². The Labute approximate surface area is 223 Å². The van der Waals surface area contributed by atoms with E-state index in [9.17, 15) is 8.42 Å². The standard InChI is InChI=1S/C30H30N2O5S/c1-21-7-5-6-10-25(21)28-31-29(38(33,34)24-11-12-26-27(20-24)36-18-17-35-26)30(37-28)32-15-13-23(14-16-32)19-22-8-3-2-4-9-22/h2-12,20,23H,13-19H2,1H3. The fraction of sp³-hybridized carbons (Fsp3) is 0.300. The minimum Gasteiger partial charge on any atom is -0.486 e. The molecule has 196 valence electrons. The van der Waals surface area contributed by atoms with Gasteiger partial charge < -0.3 is 18.8 Å². The Morgan fingerprint density at radius 3 is 2.37 bits per heavy atom. The average Bonchev–Trinajstić information content (AvgIpc) is 3.40. The first-order valence-electron chi connectivity index (χ1n) is 13.0. The highest BCUT2D eigenvalue weighted by Crippen LogP contribution is 2.40. The maximum atomic E-state index is 14.0. The van der Waals surface area contributed by atoms with Crippen molar-refractivity contribution in [3.8, 4) is 23.0 Å². The molecule has 2 aliphatic heterocycles. The Balaban J connectivity index is 1.34. The summed E-state index contributed by atoms with van der Waals surface area (Å²) < 4.78 is 45.5. The van der Waals surface area contributed by atoms with Gasteiger partial charge in [-0.3, -0.25) is 0 Å². The lowest BCUT2D eigenvalue weighted by Gasteiger charge is -2.32. The zero-order chi connectivity index (χ0) is 26.1. The van der Waals surface area contributed by atoms with Crippen LogP contribution >= 0.6 is 0 Å². The van der Waals surface area contributed by atoms with Crippen LogP contribution in [0, 0.1) is 12.8 Å². The van der Waals surface area contributed by atoms with Crippen molar-refractivity contribution in [2.24, 2.45) is 5.92 Å². The van der Waals surface area contributed by atoms with E-state index in [4.69, 9.17) is 13.9 Å². The maximum Gasteiger partial charge on any atom is 0.236 e. The molecule has 1 aromatic heterocycles. The number of anilines is 1. The lowest BCUT2D eigenvalue weighted by molar-refractivity contribution is 0.171. The molecule has 0 aliphatic carbocycles. The van der Waals surface area contributed by atoms with Gasteiger partial charge in [0.2, 0.25) is 26.6 Å². The van der Waals surface area contributed by atoms with E-state index in [2.05, 4.69) is 29.2 Å². The molecule has 0 saturated carbocycles. The third-order valence-electron chi connectivity index (χ3n) is 7.30. The predicted octanol–water partition coefficient (Wildman–Crippen LogP) is 5.71. The van der Waals surface area contributed by atoms with Crippen LogP contribution in [-0.2, 0) is 16.3 Å². The zero-order valence-corrected chi connectivity index (χ0v) is 22.1. The van der Waals surface area contributed by atoms with E-state index in [1.807, 2.05) is 42.2 Å². The van der Waals surface area contributed by atoms with Gasteiger partial charge in [0.15, 0.2) is 11.5 Å². The number of aryl methyl sites for hydroxylation is 1. The van der Waals surface area contributed by atoms with Crippen LogP contribution in [-0.4, -0.2) is 39.7 Å². The first-order valence-corrected chi connectivity index (χ1v) is 14.5. The van der Waals surface area contributed by atoms with Gasteiger partial charge in [-0.05, 0) is 61.4 Å². The fourth-order valence-corrected chi connectivity index (χ4v) is 6.53. The van der Waals surface area contributed by atoms with Crippen LogP contribution in [0.15, 0.2) is 87.1 Å². The number of hydrogen-bond acceptors (Lipinski definition) is 7. The molecule has 6 rings (SSSR count). The van der Waals surface area contributed by atoms with Crippen molar-refractivity contribution in [1.82, 2.24) is 4.98 Å². The molecule has 0 radical (unpaired) electrons. The zero-order valence-electron chi connectivity index (χ0n) is 21.3. The summed E-state index contributed by atoms with van der Waals surface area (Å²) in [5.74, 6) is 2.10. The number of hydrogen-bond donors (Lipinski definition) is 0. The summed E-state index contributed by atoms with van der Waals surface area (Å²) in [6.45, 7) is 4.17. The third-order valence-corrected chi connectivity index (χ3v) is 8.95. The van der Waals surface area contributed by atoms with Crippen LogP contribution in [0.4, 0.5) is 5.88 Å². The number of aromatic nitrogens is 1. The molecule has 0 amide bonds. The van der Waals surface area contributed by atoms with E-state index in [0.29, 0.717) is 55.5 Å². The highest BCUT2D eigenvalue weighted by molar-refractivity contribution is 7.91. The largest absolute Gasteiger partial charge is 0.486 e. The van der Waals surface area contributed by atoms with Crippen LogP contribution in [0.1, 0.15) is 24.0 Å². The minimum atomic E-state index is -4.00. The van der Waals surface area contributed by atoms with E-state index in [1.54, 1.807) is 12.1 Å². The monoisotopic (exact) mass is 530 g/mol. The quantitative estimate of drug-likeness (QED) is 0.316. The Bertz CT molecular complexity index is 1540. The molecule has 0 spiro atoms. The van der Waals surface area contributed by atoms with Crippen molar-refractivity contribution in [3.63, 3.8) is 0 Å². The molecule has 1 fully saturated rings. The molecule has 2 aliphatic rings. The van der Waals surface area contributed by atoms with Crippen molar-refractivity contribution >= 4 is 15.7 Å². The predicted molar refractivity (Wildman–Crippen MR) is 145 cm³/mol. The molecule has 3 heterocycles. The van der Waals surface area contributed by atoms with E-state index in [1.165, 1.54) is 11.6 Å². The van der Waals surface area contributed by atoms with Gasteiger partial charge >= 0.3 is 0 Å². The molecular formula is C30H30N2O5S. The second kappa shape index (κ2) is 10.2. The summed E-state index contributed by atoms with van der Waals surface area (Å²) in [7, 11) is -4.00. The molecule has 0 atom stereocenters. The van der Waals surface area contributed by atoms with Crippen molar-refractivity contribution in [3.05, 3.63) is 83.9 Å².